The van der Waals surface area contributed by atoms with E-state index in [0.29, 0.717) is 5.02 Å². The van der Waals surface area contributed by atoms with Gasteiger partial charge in [0.25, 0.3) is 0 Å². The third-order valence-corrected chi connectivity index (χ3v) is 4.72. The lowest BCUT2D eigenvalue weighted by molar-refractivity contribution is 1.33. The highest BCUT2D eigenvalue weighted by atomic mass is 79.9. The highest BCUT2D eigenvalue weighted by molar-refractivity contribution is 9.10. The lowest BCUT2D eigenvalue weighted by atomic mass is 10.1. The van der Waals surface area contributed by atoms with Crippen molar-refractivity contribution in [1.82, 2.24) is 4.98 Å². The Morgan fingerprint density at radius 1 is 1.15 bits per heavy atom. The molecule has 0 radical (unpaired) electrons. The molecule has 0 spiro atoms. The molecule has 0 atom stereocenters. The van der Waals surface area contributed by atoms with E-state index < -0.39 is 0 Å². The largest absolute Gasteiger partial charge is 0.331 e. The van der Waals surface area contributed by atoms with Crippen LogP contribution < -0.4 is 5.32 Å². The number of nitrogens with one attached hydrogen (secondary N) is 1. The molecular formula is C15H12BrClN2S. The summed E-state index contributed by atoms with van der Waals surface area (Å²) < 4.78 is 2.22. The van der Waals surface area contributed by atoms with Gasteiger partial charge in [0.05, 0.1) is 10.2 Å². The average Bonchev–Trinajstić information content (AvgIpc) is 2.75. The zero-order chi connectivity index (χ0) is 14.3. The first-order valence-electron chi connectivity index (χ1n) is 6.13. The molecule has 0 aliphatic rings. The summed E-state index contributed by atoms with van der Waals surface area (Å²) in [5.74, 6) is 0. The van der Waals surface area contributed by atoms with E-state index in [1.165, 1.54) is 11.1 Å². The van der Waals surface area contributed by atoms with E-state index in [4.69, 9.17) is 11.6 Å². The second-order valence-electron chi connectivity index (χ2n) is 4.67. The van der Waals surface area contributed by atoms with Crippen LogP contribution in [-0.2, 0) is 0 Å². The van der Waals surface area contributed by atoms with Crippen LogP contribution in [0.25, 0.3) is 10.2 Å². The highest BCUT2D eigenvalue weighted by Gasteiger charge is 2.08. The molecular weight excluding hydrogens is 356 g/mol. The van der Waals surface area contributed by atoms with Crippen molar-refractivity contribution in [2.24, 2.45) is 0 Å². The minimum absolute atomic E-state index is 0.713. The molecule has 3 aromatic rings. The lowest BCUT2D eigenvalue weighted by Crippen LogP contribution is -1.95. The second-order valence-corrected chi connectivity index (χ2v) is 7.05. The van der Waals surface area contributed by atoms with Crippen LogP contribution >= 0.6 is 38.9 Å². The first-order chi connectivity index (χ1) is 9.52. The average molecular weight is 368 g/mol. The van der Waals surface area contributed by atoms with Gasteiger partial charge >= 0.3 is 0 Å². The van der Waals surface area contributed by atoms with Crippen molar-refractivity contribution in [3.8, 4) is 0 Å². The van der Waals surface area contributed by atoms with Gasteiger partial charge in [-0.25, -0.2) is 4.98 Å². The van der Waals surface area contributed by atoms with Gasteiger partial charge in [0.15, 0.2) is 5.13 Å². The van der Waals surface area contributed by atoms with Crippen molar-refractivity contribution in [3.05, 3.63) is 51.0 Å². The smallest absolute Gasteiger partial charge is 0.188 e. The molecule has 0 unspecified atom stereocenters. The molecule has 1 aromatic heterocycles. The van der Waals surface area contributed by atoms with Crippen LogP contribution in [0.2, 0.25) is 5.02 Å². The van der Waals surface area contributed by atoms with Crippen LogP contribution in [0, 0.1) is 13.8 Å². The van der Waals surface area contributed by atoms with E-state index in [-0.39, 0.29) is 0 Å². The summed E-state index contributed by atoms with van der Waals surface area (Å²) in [4.78, 5) is 4.58. The monoisotopic (exact) mass is 366 g/mol. The van der Waals surface area contributed by atoms with Crippen LogP contribution in [0.4, 0.5) is 10.8 Å². The Morgan fingerprint density at radius 3 is 2.55 bits per heavy atom. The first-order valence-corrected chi connectivity index (χ1v) is 8.11. The minimum Gasteiger partial charge on any atom is -0.331 e. The van der Waals surface area contributed by atoms with Gasteiger partial charge in [-0.05, 0) is 55.3 Å². The van der Waals surface area contributed by atoms with Gasteiger partial charge in [-0.15, -0.1) is 0 Å². The molecule has 20 heavy (non-hydrogen) atoms. The van der Waals surface area contributed by atoms with E-state index >= 15 is 0 Å². The summed E-state index contributed by atoms with van der Waals surface area (Å²) in [6, 6.07) is 9.97. The molecule has 2 nitrogen and oxygen atoms in total. The van der Waals surface area contributed by atoms with Gasteiger partial charge in [-0.3, -0.25) is 0 Å². The Kier molecular flexibility index (Phi) is 3.71. The van der Waals surface area contributed by atoms with E-state index in [1.54, 1.807) is 11.3 Å². The Bertz CT molecular complexity index is 775. The zero-order valence-corrected chi connectivity index (χ0v) is 14.2. The number of aromatic nitrogens is 1. The number of aryl methyl sites for hydroxylation is 2. The van der Waals surface area contributed by atoms with Gasteiger partial charge in [-0.1, -0.05) is 38.9 Å². The fraction of sp³-hybridized carbons (Fsp3) is 0.133. The number of nitrogens with zero attached hydrogens (tertiary/aromatic N) is 1. The van der Waals surface area contributed by atoms with E-state index in [9.17, 15) is 0 Å². The van der Waals surface area contributed by atoms with E-state index in [1.807, 2.05) is 18.2 Å². The Morgan fingerprint density at radius 2 is 1.85 bits per heavy atom. The fourth-order valence-electron chi connectivity index (χ4n) is 2.17. The number of benzene rings is 2. The number of rotatable bonds is 2. The summed E-state index contributed by atoms with van der Waals surface area (Å²) in [5, 5.41) is 5.02. The van der Waals surface area contributed by atoms with Crippen molar-refractivity contribution in [3.63, 3.8) is 0 Å². The van der Waals surface area contributed by atoms with Crippen LogP contribution in [0.1, 0.15) is 11.1 Å². The summed E-state index contributed by atoms with van der Waals surface area (Å²) in [5.41, 5.74) is 4.42. The highest BCUT2D eigenvalue weighted by Crippen LogP contribution is 2.33. The summed E-state index contributed by atoms with van der Waals surface area (Å²) in [6.07, 6.45) is 0. The number of halogens is 2. The predicted octanol–water partition coefficient (Wildman–Crippen LogP) is 6.07. The molecule has 0 aliphatic carbocycles. The second kappa shape index (κ2) is 5.35. The first kappa shape index (κ1) is 13.9. The van der Waals surface area contributed by atoms with Crippen molar-refractivity contribution in [2.75, 3.05) is 5.32 Å². The molecule has 0 amide bonds. The molecule has 0 fully saturated rings. The van der Waals surface area contributed by atoms with Crippen molar-refractivity contribution in [2.45, 2.75) is 13.8 Å². The topological polar surface area (TPSA) is 24.9 Å². The van der Waals surface area contributed by atoms with Crippen LogP contribution in [0.15, 0.2) is 34.8 Å². The number of fused-ring (bicyclic) bond motifs is 1. The molecule has 0 saturated carbocycles. The lowest BCUT2D eigenvalue weighted by Gasteiger charge is -2.11. The van der Waals surface area contributed by atoms with Gasteiger partial charge in [0.2, 0.25) is 0 Å². The Hall–Kier alpha value is -1.10. The zero-order valence-electron chi connectivity index (χ0n) is 11.0. The minimum atomic E-state index is 0.713. The normalized spacial score (nSPS) is 11.0. The maximum atomic E-state index is 6.00. The Labute approximate surface area is 134 Å². The maximum absolute atomic E-state index is 6.00. The van der Waals surface area contributed by atoms with Gasteiger partial charge in [-0.2, -0.15) is 0 Å². The molecule has 0 aliphatic heterocycles. The number of anilines is 2. The predicted molar refractivity (Wildman–Crippen MR) is 91.5 cm³/mol. The molecule has 2 aromatic carbocycles. The van der Waals surface area contributed by atoms with Gasteiger partial charge < -0.3 is 5.32 Å². The maximum Gasteiger partial charge on any atom is 0.188 e. The van der Waals surface area contributed by atoms with Gasteiger partial charge in [0, 0.05) is 15.2 Å². The summed E-state index contributed by atoms with van der Waals surface area (Å²) >= 11 is 11.1. The third-order valence-electron chi connectivity index (χ3n) is 3.08. The molecule has 0 saturated heterocycles. The van der Waals surface area contributed by atoms with Crippen molar-refractivity contribution < 1.29 is 0 Å². The number of hydrogen-bond donors (Lipinski definition) is 1. The number of thiazole rings is 1. The third kappa shape index (κ3) is 2.68. The summed E-state index contributed by atoms with van der Waals surface area (Å²) in [6.45, 7) is 4.18. The van der Waals surface area contributed by atoms with Crippen molar-refractivity contribution >= 4 is 59.9 Å². The van der Waals surface area contributed by atoms with Gasteiger partial charge in [0.1, 0.15) is 0 Å². The molecule has 3 rings (SSSR count). The quantitative estimate of drug-likeness (QED) is 0.594. The number of hydrogen-bond acceptors (Lipinski definition) is 3. The standard InChI is InChI=1S/C15H12BrClN2S/c1-8-5-10(16)6-9(2)14(8)19-15-18-12-7-11(17)3-4-13(12)20-15/h3-7H,1-2H3,(H,18,19). The van der Waals surface area contributed by atoms with E-state index in [0.717, 1.165) is 25.5 Å². The van der Waals surface area contributed by atoms with Crippen LogP contribution in [0.5, 0.6) is 0 Å². The van der Waals surface area contributed by atoms with Crippen LogP contribution in [-0.4, -0.2) is 4.98 Å². The van der Waals surface area contributed by atoms with Crippen molar-refractivity contribution in [1.29, 1.82) is 0 Å². The van der Waals surface area contributed by atoms with Crippen LogP contribution in [0.3, 0.4) is 0 Å². The molecule has 5 heteroatoms. The SMILES string of the molecule is Cc1cc(Br)cc(C)c1Nc1nc2cc(Cl)ccc2s1. The van der Waals surface area contributed by atoms with E-state index in [2.05, 4.69) is 52.2 Å². The molecule has 1 N–H and O–H groups in total. The summed E-state index contributed by atoms with van der Waals surface area (Å²) in [7, 11) is 0. The fourth-order valence-corrected chi connectivity index (χ4v) is 3.87. The molecule has 0 bridgehead atoms. The molecule has 1 heterocycles. The Balaban J connectivity index is 2.01. The molecule has 102 valence electrons.